The SMILES string of the molecule is O=C(O)c1cccc(CCNC(=O)c2cnn3c2CCCC3)c1. The van der Waals surface area contributed by atoms with E-state index in [-0.39, 0.29) is 11.5 Å². The number of nitrogens with zero attached hydrogens (tertiary/aromatic N) is 2. The van der Waals surface area contributed by atoms with Gasteiger partial charge in [-0.3, -0.25) is 9.48 Å². The largest absolute Gasteiger partial charge is 0.478 e. The average molecular weight is 313 g/mol. The van der Waals surface area contributed by atoms with Gasteiger partial charge in [-0.15, -0.1) is 0 Å². The summed E-state index contributed by atoms with van der Waals surface area (Å²) in [7, 11) is 0. The monoisotopic (exact) mass is 313 g/mol. The van der Waals surface area contributed by atoms with Gasteiger partial charge in [0, 0.05) is 13.1 Å². The van der Waals surface area contributed by atoms with Crippen LogP contribution in [0.3, 0.4) is 0 Å². The number of carbonyl (C=O) groups excluding carboxylic acids is 1. The maximum atomic E-state index is 12.3. The zero-order chi connectivity index (χ0) is 16.2. The lowest BCUT2D eigenvalue weighted by Crippen LogP contribution is -2.27. The van der Waals surface area contributed by atoms with Gasteiger partial charge in [0.05, 0.1) is 23.0 Å². The van der Waals surface area contributed by atoms with E-state index < -0.39 is 5.97 Å². The zero-order valence-electron chi connectivity index (χ0n) is 12.8. The molecule has 2 N–H and O–H groups in total. The van der Waals surface area contributed by atoms with E-state index in [1.807, 2.05) is 10.7 Å². The fourth-order valence-corrected chi connectivity index (χ4v) is 2.89. The van der Waals surface area contributed by atoms with Crippen LogP contribution >= 0.6 is 0 Å². The van der Waals surface area contributed by atoms with E-state index in [0.29, 0.717) is 18.5 Å². The maximum absolute atomic E-state index is 12.3. The molecule has 0 aliphatic carbocycles. The van der Waals surface area contributed by atoms with Crippen LogP contribution in [0, 0.1) is 0 Å². The highest BCUT2D eigenvalue weighted by Gasteiger charge is 2.19. The Labute approximate surface area is 134 Å². The summed E-state index contributed by atoms with van der Waals surface area (Å²) in [4.78, 5) is 23.2. The van der Waals surface area contributed by atoms with Crippen molar-refractivity contribution in [2.24, 2.45) is 0 Å². The highest BCUT2D eigenvalue weighted by atomic mass is 16.4. The fraction of sp³-hybridized carbons (Fsp3) is 0.353. The molecule has 1 aliphatic rings. The minimum Gasteiger partial charge on any atom is -0.478 e. The van der Waals surface area contributed by atoms with Crippen molar-refractivity contribution in [1.29, 1.82) is 0 Å². The molecule has 120 valence electrons. The van der Waals surface area contributed by atoms with Gasteiger partial charge >= 0.3 is 5.97 Å². The van der Waals surface area contributed by atoms with Gasteiger partial charge in [0.2, 0.25) is 0 Å². The number of nitrogens with one attached hydrogen (secondary N) is 1. The van der Waals surface area contributed by atoms with Crippen LogP contribution in [0.5, 0.6) is 0 Å². The molecule has 0 saturated carbocycles. The van der Waals surface area contributed by atoms with Crippen LogP contribution in [0.1, 0.15) is 44.8 Å². The third-order valence-corrected chi connectivity index (χ3v) is 4.10. The first-order valence-electron chi connectivity index (χ1n) is 7.80. The molecule has 1 aromatic carbocycles. The van der Waals surface area contributed by atoms with Crippen molar-refractivity contribution in [3.8, 4) is 0 Å². The summed E-state index contributed by atoms with van der Waals surface area (Å²) in [5.74, 6) is -1.05. The highest BCUT2D eigenvalue weighted by Crippen LogP contribution is 2.17. The number of benzene rings is 1. The maximum Gasteiger partial charge on any atom is 0.335 e. The molecule has 2 aromatic rings. The third-order valence-electron chi connectivity index (χ3n) is 4.10. The van der Waals surface area contributed by atoms with Crippen LogP contribution in [-0.2, 0) is 19.4 Å². The number of fused-ring (bicyclic) bond motifs is 1. The van der Waals surface area contributed by atoms with Crippen molar-refractivity contribution < 1.29 is 14.7 Å². The minimum atomic E-state index is -0.942. The Kier molecular flexibility index (Phi) is 4.41. The number of carbonyl (C=O) groups is 2. The lowest BCUT2D eigenvalue weighted by atomic mass is 10.1. The van der Waals surface area contributed by atoms with Crippen molar-refractivity contribution >= 4 is 11.9 Å². The molecular formula is C17H19N3O3. The quantitative estimate of drug-likeness (QED) is 0.883. The molecule has 23 heavy (non-hydrogen) atoms. The van der Waals surface area contributed by atoms with Crippen molar-refractivity contribution in [2.75, 3.05) is 6.54 Å². The average Bonchev–Trinajstić information content (AvgIpc) is 2.99. The molecule has 0 bridgehead atoms. The molecule has 0 radical (unpaired) electrons. The summed E-state index contributed by atoms with van der Waals surface area (Å²) in [6.45, 7) is 1.34. The minimum absolute atomic E-state index is 0.109. The number of carboxylic acid groups (broad SMARTS) is 1. The van der Waals surface area contributed by atoms with E-state index in [9.17, 15) is 9.59 Å². The number of aromatic carboxylic acids is 1. The summed E-state index contributed by atoms with van der Waals surface area (Å²) in [6.07, 6.45) is 5.32. The van der Waals surface area contributed by atoms with Crippen molar-refractivity contribution in [2.45, 2.75) is 32.2 Å². The molecule has 1 aromatic heterocycles. The van der Waals surface area contributed by atoms with E-state index in [4.69, 9.17) is 5.11 Å². The first-order chi connectivity index (χ1) is 11.1. The predicted octanol–water partition coefficient (Wildman–Crippen LogP) is 1.89. The smallest absolute Gasteiger partial charge is 0.335 e. The Balaban J connectivity index is 1.58. The van der Waals surface area contributed by atoms with E-state index in [1.165, 1.54) is 0 Å². The molecule has 6 heteroatoms. The van der Waals surface area contributed by atoms with Crippen LogP contribution in [-0.4, -0.2) is 33.3 Å². The van der Waals surface area contributed by atoms with Gasteiger partial charge in [0.25, 0.3) is 5.91 Å². The Hall–Kier alpha value is -2.63. The van der Waals surface area contributed by atoms with Crippen LogP contribution in [0.2, 0.25) is 0 Å². The lowest BCUT2D eigenvalue weighted by Gasteiger charge is -2.14. The summed E-state index contributed by atoms with van der Waals surface area (Å²) >= 11 is 0. The number of amides is 1. The molecule has 1 amide bonds. The Morgan fingerprint density at radius 1 is 1.30 bits per heavy atom. The molecule has 0 spiro atoms. The number of aryl methyl sites for hydroxylation is 1. The summed E-state index contributed by atoms with van der Waals surface area (Å²) in [5, 5.41) is 16.1. The number of aromatic nitrogens is 2. The zero-order valence-corrected chi connectivity index (χ0v) is 12.8. The fourth-order valence-electron chi connectivity index (χ4n) is 2.89. The van der Waals surface area contributed by atoms with Gasteiger partial charge in [-0.2, -0.15) is 5.10 Å². The second-order valence-electron chi connectivity index (χ2n) is 5.70. The van der Waals surface area contributed by atoms with Gasteiger partial charge in [0.15, 0.2) is 0 Å². The molecule has 0 atom stereocenters. The van der Waals surface area contributed by atoms with E-state index in [0.717, 1.165) is 37.1 Å². The predicted molar refractivity (Wildman–Crippen MR) is 84.6 cm³/mol. The molecular weight excluding hydrogens is 294 g/mol. The van der Waals surface area contributed by atoms with Crippen molar-refractivity contribution in [3.05, 3.63) is 52.8 Å². The van der Waals surface area contributed by atoms with Gasteiger partial charge in [-0.05, 0) is 43.4 Å². The summed E-state index contributed by atoms with van der Waals surface area (Å²) in [5.41, 5.74) is 2.83. The third kappa shape index (κ3) is 3.41. The molecule has 6 nitrogen and oxygen atoms in total. The number of carboxylic acids is 1. The lowest BCUT2D eigenvalue weighted by molar-refractivity contribution is 0.0696. The van der Waals surface area contributed by atoms with Gasteiger partial charge < -0.3 is 10.4 Å². The molecule has 2 heterocycles. The second-order valence-corrected chi connectivity index (χ2v) is 5.70. The van der Waals surface area contributed by atoms with Crippen LogP contribution in [0.15, 0.2) is 30.5 Å². The second kappa shape index (κ2) is 6.64. The molecule has 1 aliphatic heterocycles. The van der Waals surface area contributed by atoms with E-state index >= 15 is 0 Å². The standard InChI is InChI=1S/C17H19N3O3/c21-16(14-11-19-20-9-2-1-6-15(14)20)18-8-7-12-4-3-5-13(10-12)17(22)23/h3-5,10-11H,1-2,6-9H2,(H,18,21)(H,22,23). The molecule has 0 unspecified atom stereocenters. The summed E-state index contributed by atoms with van der Waals surface area (Å²) < 4.78 is 1.91. The van der Waals surface area contributed by atoms with Crippen molar-refractivity contribution in [3.63, 3.8) is 0 Å². The van der Waals surface area contributed by atoms with Crippen molar-refractivity contribution in [1.82, 2.24) is 15.1 Å². The highest BCUT2D eigenvalue weighted by molar-refractivity contribution is 5.95. The van der Waals surface area contributed by atoms with E-state index in [1.54, 1.807) is 24.4 Å². The molecule has 0 fully saturated rings. The van der Waals surface area contributed by atoms with Gasteiger partial charge in [-0.1, -0.05) is 12.1 Å². The normalized spacial score (nSPS) is 13.4. The first-order valence-corrected chi connectivity index (χ1v) is 7.80. The Morgan fingerprint density at radius 3 is 3.00 bits per heavy atom. The topological polar surface area (TPSA) is 84.2 Å². The number of hydrogen-bond donors (Lipinski definition) is 2. The summed E-state index contributed by atoms with van der Waals surface area (Å²) in [6, 6.07) is 6.77. The van der Waals surface area contributed by atoms with Gasteiger partial charge in [0.1, 0.15) is 0 Å². The Morgan fingerprint density at radius 2 is 2.17 bits per heavy atom. The number of rotatable bonds is 5. The van der Waals surface area contributed by atoms with Gasteiger partial charge in [-0.25, -0.2) is 4.79 Å². The van der Waals surface area contributed by atoms with Crippen LogP contribution in [0.4, 0.5) is 0 Å². The van der Waals surface area contributed by atoms with Crippen LogP contribution in [0.25, 0.3) is 0 Å². The van der Waals surface area contributed by atoms with E-state index in [2.05, 4.69) is 10.4 Å². The first kappa shape index (κ1) is 15.3. The Bertz CT molecular complexity index is 736. The molecule has 0 saturated heterocycles. The molecule has 3 rings (SSSR count). The number of hydrogen-bond acceptors (Lipinski definition) is 3. The van der Waals surface area contributed by atoms with Crippen LogP contribution < -0.4 is 5.32 Å².